The molecule has 7 nitrogen and oxygen atoms in total. The van der Waals surface area contributed by atoms with Gasteiger partial charge in [0.1, 0.15) is 0 Å². The molecule has 2 aromatic rings. The summed E-state index contributed by atoms with van der Waals surface area (Å²) >= 11 is 0. The largest absolute Gasteiger partial charge is 0.342 e. The molecule has 120 valence electrons. The Balaban J connectivity index is 1.75. The number of carbonyl (C=O) groups excluding carboxylic acids is 1. The SMILES string of the molecule is Cc1ccc(-c2nnc(C(=O)N[C@@H]3C=CS(=O)(=O)C3)[nH]2)cc1C. The zero-order valence-electron chi connectivity index (χ0n) is 12.7. The molecule has 0 fully saturated rings. The molecule has 2 N–H and O–H groups in total. The van der Waals surface area contributed by atoms with Crippen molar-refractivity contribution in [1.29, 1.82) is 0 Å². The molecule has 0 aliphatic carbocycles. The van der Waals surface area contributed by atoms with Crippen molar-refractivity contribution in [3.8, 4) is 11.4 Å². The van der Waals surface area contributed by atoms with Crippen LogP contribution in [0.1, 0.15) is 21.7 Å². The number of benzene rings is 1. The number of hydrogen-bond donors (Lipinski definition) is 2. The third-order valence-electron chi connectivity index (χ3n) is 3.73. The standard InChI is InChI=1S/C15H16N4O3S/c1-9-3-4-11(7-10(9)2)13-17-14(19-18-13)15(20)16-12-5-6-23(21,22)8-12/h3-7,12H,8H2,1-2H3,(H,16,20)(H,17,18,19)/t12-/m1/s1. The highest BCUT2D eigenvalue weighted by atomic mass is 32.2. The van der Waals surface area contributed by atoms with Crippen LogP contribution in [0.2, 0.25) is 0 Å². The first kappa shape index (κ1) is 15.4. The predicted octanol–water partition coefficient (Wildman–Crippen LogP) is 1.13. The molecule has 2 heterocycles. The number of carbonyl (C=O) groups is 1. The lowest BCUT2D eigenvalue weighted by Crippen LogP contribution is -2.36. The molecule has 0 unspecified atom stereocenters. The predicted molar refractivity (Wildman–Crippen MR) is 85.5 cm³/mol. The van der Waals surface area contributed by atoms with Crippen LogP contribution < -0.4 is 5.32 Å². The molecule has 0 saturated carbocycles. The summed E-state index contributed by atoms with van der Waals surface area (Å²) in [6, 6.07) is 5.30. The van der Waals surface area contributed by atoms with Crippen molar-refractivity contribution in [3.63, 3.8) is 0 Å². The van der Waals surface area contributed by atoms with Crippen molar-refractivity contribution in [2.24, 2.45) is 0 Å². The summed E-state index contributed by atoms with van der Waals surface area (Å²) < 4.78 is 22.7. The van der Waals surface area contributed by atoms with E-state index in [1.54, 1.807) is 0 Å². The van der Waals surface area contributed by atoms with E-state index in [0.717, 1.165) is 16.5 Å². The summed E-state index contributed by atoms with van der Waals surface area (Å²) in [4.78, 5) is 15.0. The second kappa shape index (κ2) is 5.62. The van der Waals surface area contributed by atoms with Crippen molar-refractivity contribution < 1.29 is 13.2 Å². The number of nitrogens with zero attached hydrogens (tertiary/aromatic N) is 2. The van der Waals surface area contributed by atoms with Crippen molar-refractivity contribution in [2.45, 2.75) is 19.9 Å². The minimum Gasteiger partial charge on any atom is -0.342 e. The van der Waals surface area contributed by atoms with Gasteiger partial charge in [0.15, 0.2) is 15.7 Å². The molecule has 1 aliphatic rings. The molecule has 8 heteroatoms. The lowest BCUT2D eigenvalue weighted by Gasteiger charge is -2.07. The Morgan fingerprint density at radius 3 is 2.70 bits per heavy atom. The fourth-order valence-electron chi connectivity index (χ4n) is 2.29. The molecular weight excluding hydrogens is 316 g/mol. The number of aryl methyl sites for hydroxylation is 2. The number of hydrogen-bond acceptors (Lipinski definition) is 5. The Labute approximate surface area is 133 Å². The van der Waals surface area contributed by atoms with Crippen LogP contribution in [-0.2, 0) is 9.84 Å². The van der Waals surface area contributed by atoms with Crippen molar-refractivity contribution in [1.82, 2.24) is 20.5 Å². The van der Waals surface area contributed by atoms with Crippen molar-refractivity contribution >= 4 is 15.7 Å². The molecule has 0 saturated heterocycles. The van der Waals surface area contributed by atoms with E-state index >= 15 is 0 Å². The minimum atomic E-state index is -3.21. The number of aromatic nitrogens is 3. The number of rotatable bonds is 3. The monoisotopic (exact) mass is 332 g/mol. The molecule has 1 atom stereocenters. The quantitative estimate of drug-likeness (QED) is 0.876. The van der Waals surface area contributed by atoms with Gasteiger partial charge in [0.05, 0.1) is 11.8 Å². The van der Waals surface area contributed by atoms with Crippen LogP contribution in [0, 0.1) is 13.8 Å². The van der Waals surface area contributed by atoms with Gasteiger partial charge in [-0.15, -0.1) is 10.2 Å². The van der Waals surface area contributed by atoms with E-state index in [-0.39, 0.29) is 11.6 Å². The van der Waals surface area contributed by atoms with Gasteiger partial charge in [0, 0.05) is 11.0 Å². The van der Waals surface area contributed by atoms with Crippen LogP contribution in [0.4, 0.5) is 0 Å². The van der Waals surface area contributed by atoms with Gasteiger partial charge >= 0.3 is 0 Å². The zero-order valence-corrected chi connectivity index (χ0v) is 13.5. The smallest absolute Gasteiger partial charge is 0.289 e. The molecule has 0 bridgehead atoms. The van der Waals surface area contributed by atoms with Crippen LogP contribution in [0.5, 0.6) is 0 Å². The highest BCUT2D eigenvalue weighted by molar-refractivity contribution is 7.94. The fraction of sp³-hybridized carbons (Fsp3) is 0.267. The first-order valence-corrected chi connectivity index (χ1v) is 8.78. The van der Waals surface area contributed by atoms with Crippen molar-refractivity contribution in [2.75, 3.05) is 5.75 Å². The summed E-state index contributed by atoms with van der Waals surface area (Å²) in [7, 11) is -3.21. The number of nitrogens with one attached hydrogen (secondary N) is 2. The Hall–Kier alpha value is -2.48. The first-order chi connectivity index (χ1) is 10.8. The molecule has 1 aliphatic heterocycles. The number of aromatic amines is 1. The van der Waals surface area contributed by atoms with E-state index in [0.29, 0.717) is 5.82 Å². The van der Waals surface area contributed by atoms with Crippen LogP contribution in [0.3, 0.4) is 0 Å². The van der Waals surface area contributed by atoms with E-state index in [2.05, 4.69) is 20.5 Å². The summed E-state index contributed by atoms with van der Waals surface area (Å²) in [6.45, 7) is 4.01. The van der Waals surface area contributed by atoms with E-state index in [1.165, 1.54) is 11.6 Å². The van der Waals surface area contributed by atoms with Gasteiger partial charge < -0.3 is 10.3 Å². The van der Waals surface area contributed by atoms with Crippen LogP contribution in [0.15, 0.2) is 29.7 Å². The maximum Gasteiger partial charge on any atom is 0.289 e. The van der Waals surface area contributed by atoms with Gasteiger partial charge in [0.25, 0.3) is 5.91 Å². The molecule has 1 aromatic carbocycles. The minimum absolute atomic E-state index is 0.0518. The lowest BCUT2D eigenvalue weighted by atomic mass is 10.1. The third-order valence-corrected chi connectivity index (χ3v) is 5.12. The Morgan fingerprint density at radius 2 is 2.04 bits per heavy atom. The second-order valence-electron chi connectivity index (χ2n) is 5.56. The molecule has 1 aromatic heterocycles. The van der Waals surface area contributed by atoms with Crippen LogP contribution in [-0.4, -0.2) is 41.3 Å². The van der Waals surface area contributed by atoms with Gasteiger partial charge in [-0.1, -0.05) is 12.1 Å². The number of amides is 1. The highest BCUT2D eigenvalue weighted by Crippen LogP contribution is 2.18. The Bertz CT molecular complexity index is 899. The maximum atomic E-state index is 12.1. The van der Waals surface area contributed by atoms with Gasteiger partial charge in [-0.3, -0.25) is 4.79 Å². The molecule has 0 radical (unpaired) electrons. The summed E-state index contributed by atoms with van der Waals surface area (Å²) in [5.74, 6) is -0.0697. The topological polar surface area (TPSA) is 105 Å². The van der Waals surface area contributed by atoms with Gasteiger partial charge in [-0.25, -0.2) is 8.42 Å². The summed E-state index contributed by atoms with van der Waals surface area (Å²) in [6.07, 6.45) is 1.45. The van der Waals surface area contributed by atoms with Gasteiger partial charge in [-0.2, -0.15) is 0 Å². The van der Waals surface area contributed by atoms with Gasteiger partial charge in [-0.05, 0) is 37.1 Å². The zero-order chi connectivity index (χ0) is 16.6. The average Bonchev–Trinajstić information content (AvgIpc) is 3.09. The molecule has 3 rings (SSSR count). The lowest BCUT2D eigenvalue weighted by molar-refractivity contribution is 0.0937. The Morgan fingerprint density at radius 1 is 1.26 bits per heavy atom. The van der Waals surface area contributed by atoms with E-state index in [9.17, 15) is 13.2 Å². The third kappa shape index (κ3) is 3.31. The van der Waals surface area contributed by atoms with Crippen LogP contribution in [0.25, 0.3) is 11.4 Å². The number of sulfone groups is 1. The van der Waals surface area contributed by atoms with E-state index in [1.807, 2.05) is 32.0 Å². The maximum absolute atomic E-state index is 12.1. The van der Waals surface area contributed by atoms with Crippen LogP contribution >= 0.6 is 0 Å². The van der Waals surface area contributed by atoms with Gasteiger partial charge in [0.2, 0.25) is 5.82 Å². The van der Waals surface area contributed by atoms with Crippen molar-refractivity contribution in [3.05, 3.63) is 46.6 Å². The normalized spacial score (nSPS) is 19.0. The molecule has 23 heavy (non-hydrogen) atoms. The molecule has 0 spiro atoms. The molecule has 1 amide bonds. The summed E-state index contributed by atoms with van der Waals surface area (Å²) in [5.41, 5.74) is 3.12. The first-order valence-electron chi connectivity index (χ1n) is 7.06. The Kier molecular flexibility index (Phi) is 3.77. The second-order valence-corrected chi connectivity index (χ2v) is 7.49. The van der Waals surface area contributed by atoms with E-state index < -0.39 is 21.8 Å². The molecular formula is C15H16N4O3S. The van der Waals surface area contributed by atoms with E-state index in [4.69, 9.17) is 0 Å². The fourth-order valence-corrected chi connectivity index (χ4v) is 3.52. The highest BCUT2D eigenvalue weighted by Gasteiger charge is 2.24. The summed E-state index contributed by atoms with van der Waals surface area (Å²) in [5, 5.41) is 11.5. The number of H-pyrrole nitrogens is 1. The average molecular weight is 332 g/mol.